The number of hydrogen-bond donors (Lipinski definition) is 2. The third-order valence-electron chi connectivity index (χ3n) is 3.31. The lowest BCUT2D eigenvalue weighted by Crippen LogP contribution is -2.32. The standard InChI is InChI=1S/C12H18N8/c1-9-5-8-20(18-9)12-15-10(17-13)14-11(16-12)19-6-3-2-4-7-19/h5,8H,2-4,6-7,13H2,1H3,(H,14,15,16,17). The highest BCUT2D eigenvalue weighted by atomic mass is 15.4. The molecule has 3 N–H and O–H groups in total. The van der Waals surface area contributed by atoms with Crippen LogP contribution in [0, 0.1) is 6.92 Å². The summed E-state index contributed by atoms with van der Waals surface area (Å²) < 4.78 is 1.63. The van der Waals surface area contributed by atoms with Gasteiger partial charge in [-0.05, 0) is 32.3 Å². The predicted molar refractivity (Wildman–Crippen MR) is 75.6 cm³/mol. The van der Waals surface area contributed by atoms with Crippen LogP contribution in [0.2, 0.25) is 0 Å². The third-order valence-corrected chi connectivity index (χ3v) is 3.31. The lowest BCUT2D eigenvalue weighted by molar-refractivity contribution is 0.566. The van der Waals surface area contributed by atoms with E-state index in [1.54, 1.807) is 4.68 Å². The van der Waals surface area contributed by atoms with E-state index in [0.29, 0.717) is 17.8 Å². The molecule has 0 amide bonds. The van der Waals surface area contributed by atoms with Gasteiger partial charge in [-0.15, -0.1) is 0 Å². The monoisotopic (exact) mass is 274 g/mol. The minimum atomic E-state index is 0.351. The van der Waals surface area contributed by atoms with Gasteiger partial charge in [-0.2, -0.15) is 20.1 Å². The fourth-order valence-electron chi connectivity index (χ4n) is 2.28. The van der Waals surface area contributed by atoms with E-state index >= 15 is 0 Å². The molecule has 0 radical (unpaired) electrons. The van der Waals surface area contributed by atoms with Crippen molar-refractivity contribution in [2.24, 2.45) is 5.84 Å². The number of nitrogens with two attached hydrogens (primary N) is 1. The predicted octanol–water partition coefficient (Wildman–Crippen LogP) is 0.642. The number of nitrogen functional groups attached to an aromatic ring is 1. The maximum atomic E-state index is 5.45. The number of rotatable bonds is 3. The van der Waals surface area contributed by atoms with Crippen molar-refractivity contribution in [3.8, 4) is 5.95 Å². The third kappa shape index (κ3) is 2.55. The SMILES string of the molecule is Cc1ccn(-c2nc(NN)nc(N3CCCCC3)n2)n1. The van der Waals surface area contributed by atoms with Crippen molar-refractivity contribution < 1.29 is 0 Å². The Morgan fingerprint density at radius 1 is 1.10 bits per heavy atom. The summed E-state index contributed by atoms with van der Waals surface area (Å²) in [5, 5.41) is 4.32. The molecule has 1 fully saturated rings. The van der Waals surface area contributed by atoms with E-state index in [-0.39, 0.29) is 0 Å². The van der Waals surface area contributed by atoms with Crippen LogP contribution in [-0.4, -0.2) is 37.8 Å². The number of anilines is 2. The molecular formula is C12H18N8. The lowest BCUT2D eigenvalue weighted by Gasteiger charge is -2.26. The van der Waals surface area contributed by atoms with E-state index in [4.69, 9.17) is 5.84 Å². The van der Waals surface area contributed by atoms with Gasteiger partial charge in [0, 0.05) is 19.3 Å². The molecule has 0 unspecified atom stereocenters. The molecule has 8 heteroatoms. The highest BCUT2D eigenvalue weighted by molar-refractivity contribution is 5.39. The first-order valence-electron chi connectivity index (χ1n) is 6.76. The highest BCUT2D eigenvalue weighted by Crippen LogP contribution is 2.17. The summed E-state index contributed by atoms with van der Waals surface area (Å²) in [5.74, 6) is 6.92. The second-order valence-electron chi connectivity index (χ2n) is 4.85. The van der Waals surface area contributed by atoms with E-state index in [1.165, 1.54) is 6.42 Å². The second kappa shape index (κ2) is 5.41. The Labute approximate surface area is 117 Å². The number of piperidine rings is 1. The maximum absolute atomic E-state index is 5.45. The molecule has 3 heterocycles. The zero-order chi connectivity index (χ0) is 13.9. The number of aromatic nitrogens is 5. The van der Waals surface area contributed by atoms with Gasteiger partial charge in [-0.25, -0.2) is 10.5 Å². The summed E-state index contributed by atoms with van der Waals surface area (Å²) in [7, 11) is 0. The molecule has 2 aromatic rings. The van der Waals surface area contributed by atoms with Crippen molar-refractivity contribution in [1.82, 2.24) is 24.7 Å². The second-order valence-corrected chi connectivity index (χ2v) is 4.85. The maximum Gasteiger partial charge on any atom is 0.257 e. The molecule has 1 saturated heterocycles. The quantitative estimate of drug-likeness (QED) is 0.626. The molecule has 0 aromatic carbocycles. The molecule has 20 heavy (non-hydrogen) atoms. The summed E-state index contributed by atoms with van der Waals surface area (Å²) in [6, 6.07) is 1.90. The summed E-state index contributed by atoms with van der Waals surface area (Å²) in [6.45, 7) is 3.85. The molecule has 3 rings (SSSR count). The number of hydrogen-bond acceptors (Lipinski definition) is 7. The fourth-order valence-corrected chi connectivity index (χ4v) is 2.28. The van der Waals surface area contributed by atoms with Crippen molar-refractivity contribution in [1.29, 1.82) is 0 Å². The smallest absolute Gasteiger partial charge is 0.257 e. The summed E-state index contributed by atoms with van der Waals surface area (Å²) in [6.07, 6.45) is 5.40. The van der Waals surface area contributed by atoms with Crippen LogP contribution in [0.25, 0.3) is 5.95 Å². The van der Waals surface area contributed by atoms with Crippen LogP contribution < -0.4 is 16.2 Å². The van der Waals surface area contributed by atoms with Crippen molar-refractivity contribution in [3.05, 3.63) is 18.0 Å². The zero-order valence-electron chi connectivity index (χ0n) is 11.5. The van der Waals surface area contributed by atoms with Crippen LogP contribution in [0.3, 0.4) is 0 Å². The average Bonchev–Trinajstić information content (AvgIpc) is 2.94. The Bertz CT molecular complexity index is 587. The fraction of sp³-hybridized carbons (Fsp3) is 0.500. The van der Waals surface area contributed by atoms with Crippen LogP contribution in [0.4, 0.5) is 11.9 Å². The van der Waals surface area contributed by atoms with Crippen LogP contribution in [0.5, 0.6) is 0 Å². The number of nitrogens with zero attached hydrogens (tertiary/aromatic N) is 6. The summed E-state index contributed by atoms with van der Waals surface area (Å²) in [4.78, 5) is 15.2. The minimum absolute atomic E-state index is 0.351. The molecule has 0 saturated carbocycles. The van der Waals surface area contributed by atoms with Crippen LogP contribution in [-0.2, 0) is 0 Å². The van der Waals surface area contributed by atoms with Crippen molar-refractivity contribution >= 4 is 11.9 Å². The molecule has 0 atom stereocenters. The molecule has 1 aliphatic heterocycles. The van der Waals surface area contributed by atoms with E-state index in [0.717, 1.165) is 31.6 Å². The Balaban J connectivity index is 1.97. The van der Waals surface area contributed by atoms with Crippen molar-refractivity contribution in [3.63, 3.8) is 0 Å². The molecule has 0 aliphatic carbocycles. The summed E-state index contributed by atoms with van der Waals surface area (Å²) in [5.41, 5.74) is 3.40. The Morgan fingerprint density at radius 2 is 1.85 bits per heavy atom. The Morgan fingerprint density at radius 3 is 2.50 bits per heavy atom. The first-order chi connectivity index (χ1) is 9.76. The highest BCUT2D eigenvalue weighted by Gasteiger charge is 2.16. The minimum Gasteiger partial charge on any atom is -0.341 e. The largest absolute Gasteiger partial charge is 0.341 e. The van der Waals surface area contributed by atoms with Gasteiger partial charge in [0.2, 0.25) is 11.9 Å². The molecule has 8 nitrogen and oxygen atoms in total. The molecule has 106 valence electrons. The molecule has 2 aromatic heterocycles. The van der Waals surface area contributed by atoms with Crippen LogP contribution >= 0.6 is 0 Å². The van der Waals surface area contributed by atoms with Crippen LogP contribution in [0.15, 0.2) is 12.3 Å². The Kier molecular flexibility index (Phi) is 3.46. The topological polar surface area (TPSA) is 97.8 Å². The first-order valence-corrected chi connectivity index (χ1v) is 6.76. The van der Waals surface area contributed by atoms with E-state index < -0.39 is 0 Å². The molecule has 0 bridgehead atoms. The van der Waals surface area contributed by atoms with Crippen LogP contribution in [0.1, 0.15) is 25.0 Å². The number of nitrogens with one attached hydrogen (secondary N) is 1. The summed E-state index contributed by atoms with van der Waals surface area (Å²) >= 11 is 0. The van der Waals surface area contributed by atoms with Gasteiger partial charge in [-0.1, -0.05) is 0 Å². The van der Waals surface area contributed by atoms with Gasteiger partial charge in [0.25, 0.3) is 5.95 Å². The van der Waals surface area contributed by atoms with E-state index in [2.05, 4.69) is 30.4 Å². The van der Waals surface area contributed by atoms with E-state index in [9.17, 15) is 0 Å². The van der Waals surface area contributed by atoms with Crippen molar-refractivity contribution in [2.45, 2.75) is 26.2 Å². The molecule has 1 aliphatic rings. The zero-order valence-corrected chi connectivity index (χ0v) is 11.5. The van der Waals surface area contributed by atoms with Gasteiger partial charge < -0.3 is 4.90 Å². The molecule has 0 spiro atoms. The van der Waals surface area contributed by atoms with Gasteiger partial charge in [0.05, 0.1) is 5.69 Å². The molecular weight excluding hydrogens is 256 g/mol. The van der Waals surface area contributed by atoms with Gasteiger partial charge in [0.15, 0.2) is 0 Å². The van der Waals surface area contributed by atoms with Gasteiger partial charge >= 0.3 is 0 Å². The van der Waals surface area contributed by atoms with Gasteiger partial charge in [-0.3, -0.25) is 5.43 Å². The van der Waals surface area contributed by atoms with Gasteiger partial charge in [0.1, 0.15) is 0 Å². The normalized spacial score (nSPS) is 15.4. The Hall–Kier alpha value is -2.22. The lowest BCUT2D eigenvalue weighted by atomic mass is 10.1. The first kappa shape index (κ1) is 12.8. The van der Waals surface area contributed by atoms with E-state index in [1.807, 2.05) is 19.2 Å². The number of hydrazine groups is 1. The van der Waals surface area contributed by atoms with Crippen molar-refractivity contribution in [2.75, 3.05) is 23.4 Å². The average molecular weight is 274 g/mol. The number of aryl methyl sites for hydroxylation is 1.